The predicted molar refractivity (Wildman–Crippen MR) is 117 cm³/mol. The van der Waals surface area contributed by atoms with Crippen molar-refractivity contribution in [1.29, 1.82) is 0 Å². The molecule has 0 amide bonds. The molecule has 1 aromatic heterocycles. The second-order valence-electron chi connectivity index (χ2n) is 6.10. The van der Waals surface area contributed by atoms with Crippen molar-refractivity contribution in [3.05, 3.63) is 71.2 Å². The number of hydrogen-bond acceptors (Lipinski definition) is 1. The van der Waals surface area contributed by atoms with Crippen LogP contribution in [0.2, 0.25) is 0 Å². The molecule has 0 aliphatic heterocycles. The summed E-state index contributed by atoms with van der Waals surface area (Å²) in [6, 6.07) is 13.2. The molecule has 0 aliphatic rings. The largest absolute Gasteiger partial charge is 0.361 e. The van der Waals surface area contributed by atoms with Crippen molar-refractivity contribution >= 4 is 40.8 Å². The molecule has 0 bridgehead atoms. The molecule has 0 spiro atoms. The topological polar surface area (TPSA) is 52.2 Å². The van der Waals surface area contributed by atoms with Crippen LogP contribution in [-0.2, 0) is 13.0 Å². The molecule has 0 aliphatic carbocycles. The van der Waals surface area contributed by atoms with Crippen molar-refractivity contribution in [2.45, 2.75) is 19.9 Å². The molecule has 4 nitrogen and oxygen atoms in total. The van der Waals surface area contributed by atoms with Gasteiger partial charge in [-0.3, -0.25) is 4.99 Å². The van der Waals surface area contributed by atoms with Crippen LogP contribution in [0.3, 0.4) is 0 Å². The number of hydrogen-bond donors (Lipinski definition) is 3. The SMILES string of the molecule is CN=C(NCCc1c[nH]c2ccc(F)cc12)NCc1cccc(C)c1.I. The van der Waals surface area contributed by atoms with Crippen LogP contribution in [0.15, 0.2) is 53.7 Å². The van der Waals surface area contributed by atoms with Gasteiger partial charge in [-0.1, -0.05) is 29.8 Å². The van der Waals surface area contributed by atoms with Crippen LogP contribution in [0.25, 0.3) is 10.9 Å². The van der Waals surface area contributed by atoms with E-state index >= 15 is 0 Å². The van der Waals surface area contributed by atoms with Crippen LogP contribution >= 0.6 is 24.0 Å². The molecule has 0 radical (unpaired) electrons. The molecular weight excluding hydrogens is 442 g/mol. The first-order valence-corrected chi connectivity index (χ1v) is 8.41. The third-order valence-corrected chi connectivity index (χ3v) is 4.18. The van der Waals surface area contributed by atoms with Gasteiger partial charge in [-0.25, -0.2) is 4.39 Å². The molecule has 2 aromatic carbocycles. The fourth-order valence-electron chi connectivity index (χ4n) is 2.90. The molecular formula is C20H24FIN4. The van der Waals surface area contributed by atoms with Gasteiger partial charge in [0.25, 0.3) is 0 Å². The standard InChI is InChI=1S/C20H23FN4.HI/c1-14-4-3-5-15(10-14)12-25-20(22-2)23-9-8-16-13-24-19-7-6-17(21)11-18(16)19;/h3-7,10-11,13,24H,8-9,12H2,1-2H3,(H2,22,23,25);1H. The first kappa shape index (κ1) is 20.2. The predicted octanol–water partition coefficient (Wildman–Crippen LogP) is 4.14. The number of halogens is 2. The number of nitrogens with zero attached hydrogens (tertiary/aromatic N) is 1. The maximum Gasteiger partial charge on any atom is 0.191 e. The van der Waals surface area contributed by atoms with E-state index in [1.54, 1.807) is 19.2 Å². The lowest BCUT2D eigenvalue weighted by Crippen LogP contribution is -2.37. The maximum absolute atomic E-state index is 13.4. The lowest BCUT2D eigenvalue weighted by Gasteiger charge is -2.12. The van der Waals surface area contributed by atoms with Gasteiger partial charge in [0.2, 0.25) is 0 Å². The van der Waals surface area contributed by atoms with Crippen molar-refractivity contribution in [2.24, 2.45) is 4.99 Å². The molecule has 0 unspecified atom stereocenters. The van der Waals surface area contributed by atoms with Crippen LogP contribution in [0.1, 0.15) is 16.7 Å². The summed E-state index contributed by atoms with van der Waals surface area (Å²) in [6.07, 6.45) is 2.73. The van der Waals surface area contributed by atoms with Gasteiger partial charge in [0, 0.05) is 37.2 Å². The minimum atomic E-state index is -0.211. The van der Waals surface area contributed by atoms with E-state index in [4.69, 9.17) is 0 Å². The molecule has 0 saturated heterocycles. The lowest BCUT2D eigenvalue weighted by molar-refractivity contribution is 0.629. The van der Waals surface area contributed by atoms with Gasteiger partial charge in [-0.05, 0) is 42.7 Å². The van der Waals surface area contributed by atoms with Gasteiger partial charge >= 0.3 is 0 Å². The van der Waals surface area contributed by atoms with Gasteiger partial charge in [-0.2, -0.15) is 0 Å². The van der Waals surface area contributed by atoms with E-state index in [9.17, 15) is 4.39 Å². The summed E-state index contributed by atoms with van der Waals surface area (Å²) < 4.78 is 13.4. The number of aromatic nitrogens is 1. The van der Waals surface area contributed by atoms with E-state index in [2.05, 4.69) is 51.8 Å². The minimum Gasteiger partial charge on any atom is -0.361 e. The Morgan fingerprint density at radius 3 is 2.77 bits per heavy atom. The summed E-state index contributed by atoms with van der Waals surface area (Å²) in [7, 11) is 1.76. The summed E-state index contributed by atoms with van der Waals surface area (Å²) in [5.41, 5.74) is 4.51. The Balaban J connectivity index is 0.00000243. The van der Waals surface area contributed by atoms with Crippen molar-refractivity contribution < 1.29 is 4.39 Å². The van der Waals surface area contributed by atoms with Crippen molar-refractivity contribution in [3.8, 4) is 0 Å². The molecule has 3 rings (SSSR count). The molecule has 3 N–H and O–H groups in total. The summed E-state index contributed by atoms with van der Waals surface area (Å²) in [5.74, 6) is 0.546. The van der Waals surface area contributed by atoms with E-state index in [1.807, 2.05) is 6.20 Å². The number of nitrogens with one attached hydrogen (secondary N) is 3. The van der Waals surface area contributed by atoms with E-state index in [-0.39, 0.29) is 29.8 Å². The van der Waals surface area contributed by atoms with Crippen molar-refractivity contribution in [1.82, 2.24) is 15.6 Å². The van der Waals surface area contributed by atoms with Crippen molar-refractivity contribution in [2.75, 3.05) is 13.6 Å². The van der Waals surface area contributed by atoms with E-state index < -0.39 is 0 Å². The molecule has 0 saturated carbocycles. The first-order valence-electron chi connectivity index (χ1n) is 8.41. The Morgan fingerprint density at radius 1 is 1.15 bits per heavy atom. The number of fused-ring (bicyclic) bond motifs is 1. The monoisotopic (exact) mass is 466 g/mol. The van der Waals surface area contributed by atoms with Gasteiger partial charge in [0.15, 0.2) is 5.96 Å². The fourth-order valence-corrected chi connectivity index (χ4v) is 2.90. The molecule has 1 heterocycles. The van der Waals surface area contributed by atoms with Crippen LogP contribution in [0, 0.1) is 12.7 Å². The van der Waals surface area contributed by atoms with Gasteiger partial charge in [-0.15, -0.1) is 24.0 Å². The molecule has 0 atom stereocenters. The highest BCUT2D eigenvalue weighted by molar-refractivity contribution is 14.0. The zero-order chi connectivity index (χ0) is 17.6. The van der Waals surface area contributed by atoms with Crippen LogP contribution in [0.5, 0.6) is 0 Å². The number of aryl methyl sites for hydroxylation is 1. The molecule has 0 fully saturated rings. The molecule has 138 valence electrons. The number of H-pyrrole nitrogens is 1. The first-order chi connectivity index (χ1) is 12.2. The number of rotatable bonds is 5. The Kier molecular flexibility index (Phi) is 7.44. The third kappa shape index (κ3) is 5.20. The Morgan fingerprint density at radius 2 is 2.00 bits per heavy atom. The normalized spacial score (nSPS) is 11.3. The second kappa shape index (κ2) is 9.56. The van der Waals surface area contributed by atoms with Gasteiger partial charge in [0.05, 0.1) is 0 Å². The zero-order valence-electron chi connectivity index (χ0n) is 15.0. The molecule has 26 heavy (non-hydrogen) atoms. The number of guanidine groups is 1. The van der Waals surface area contributed by atoms with E-state index in [1.165, 1.54) is 17.2 Å². The van der Waals surface area contributed by atoms with Crippen LogP contribution in [0.4, 0.5) is 4.39 Å². The van der Waals surface area contributed by atoms with E-state index in [0.717, 1.165) is 41.9 Å². The van der Waals surface area contributed by atoms with Crippen molar-refractivity contribution in [3.63, 3.8) is 0 Å². The summed E-state index contributed by atoms with van der Waals surface area (Å²) in [6.45, 7) is 3.53. The number of aromatic amines is 1. The Labute approximate surface area is 170 Å². The highest BCUT2D eigenvalue weighted by Crippen LogP contribution is 2.19. The Bertz CT molecular complexity index is 888. The fraction of sp³-hybridized carbons (Fsp3) is 0.250. The number of benzene rings is 2. The average Bonchev–Trinajstić information content (AvgIpc) is 3.00. The molecule has 6 heteroatoms. The second-order valence-corrected chi connectivity index (χ2v) is 6.10. The molecule has 3 aromatic rings. The lowest BCUT2D eigenvalue weighted by atomic mass is 10.1. The summed E-state index contributed by atoms with van der Waals surface area (Å²) in [5, 5.41) is 7.55. The van der Waals surface area contributed by atoms with Gasteiger partial charge < -0.3 is 15.6 Å². The smallest absolute Gasteiger partial charge is 0.191 e. The summed E-state index contributed by atoms with van der Waals surface area (Å²) >= 11 is 0. The van der Waals surface area contributed by atoms with Crippen LogP contribution < -0.4 is 10.6 Å². The summed E-state index contributed by atoms with van der Waals surface area (Å²) in [4.78, 5) is 7.43. The average molecular weight is 466 g/mol. The van der Waals surface area contributed by atoms with E-state index in [0.29, 0.717) is 0 Å². The quantitative estimate of drug-likeness (QED) is 0.301. The zero-order valence-corrected chi connectivity index (χ0v) is 17.3. The highest BCUT2D eigenvalue weighted by Gasteiger charge is 2.05. The maximum atomic E-state index is 13.4. The third-order valence-electron chi connectivity index (χ3n) is 4.18. The minimum absolute atomic E-state index is 0. The number of aliphatic imine (C=N–C) groups is 1. The van der Waals surface area contributed by atoms with Gasteiger partial charge in [0.1, 0.15) is 5.82 Å². The van der Waals surface area contributed by atoms with Crippen LogP contribution in [-0.4, -0.2) is 24.5 Å². The Hall–Kier alpha value is -2.09. The highest BCUT2D eigenvalue weighted by atomic mass is 127.